The monoisotopic (exact) mass is 279 g/mol. The number of thiophene rings is 1. The molecule has 3 aromatic rings. The molecule has 1 N–H and O–H groups in total. The first-order valence-corrected chi connectivity index (χ1v) is 8.07. The Labute approximate surface area is 123 Å². The molecule has 2 heteroatoms. The summed E-state index contributed by atoms with van der Waals surface area (Å²) in [4.78, 5) is 0. The summed E-state index contributed by atoms with van der Waals surface area (Å²) in [5.41, 5.74) is 2.64. The van der Waals surface area contributed by atoms with Crippen molar-refractivity contribution in [2.75, 3.05) is 5.32 Å². The van der Waals surface area contributed by atoms with Crippen LogP contribution in [0.5, 0.6) is 0 Å². The minimum atomic E-state index is 0.451. The zero-order valence-electron chi connectivity index (χ0n) is 11.3. The summed E-state index contributed by atoms with van der Waals surface area (Å²) in [5.74, 6) is 0.788. The second-order valence-electron chi connectivity index (χ2n) is 5.54. The average Bonchev–Trinajstić information content (AvgIpc) is 3.23. The smallest absolute Gasteiger partial charge is 0.0542 e. The van der Waals surface area contributed by atoms with Gasteiger partial charge in [-0.15, -0.1) is 11.3 Å². The van der Waals surface area contributed by atoms with Crippen LogP contribution in [0.1, 0.15) is 24.4 Å². The van der Waals surface area contributed by atoms with Crippen molar-refractivity contribution in [1.29, 1.82) is 0 Å². The molecule has 1 nitrogen and oxygen atoms in total. The van der Waals surface area contributed by atoms with Crippen LogP contribution in [-0.2, 0) is 0 Å². The van der Waals surface area contributed by atoms with Crippen molar-refractivity contribution in [3.63, 3.8) is 0 Å². The molecule has 0 radical (unpaired) electrons. The van der Waals surface area contributed by atoms with Gasteiger partial charge in [0.1, 0.15) is 0 Å². The lowest BCUT2D eigenvalue weighted by Gasteiger charge is -2.20. The van der Waals surface area contributed by atoms with Crippen LogP contribution in [0, 0.1) is 5.92 Å². The maximum absolute atomic E-state index is 3.74. The molecule has 20 heavy (non-hydrogen) atoms. The van der Waals surface area contributed by atoms with Crippen LogP contribution in [0.25, 0.3) is 10.1 Å². The zero-order chi connectivity index (χ0) is 13.4. The van der Waals surface area contributed by atoms with Gasteiger partial charge in [-0.05, 0) is 59.4 Å². The highest BCUT2D eigenvalue weighted by Gasteiger charge is 2.32. The van der Waals surface area contributed by atoms with Crippen LogP contribution in [0.2, 0.25) is 0 Å². The number of benzene rings is 2. The lowest BCUT2D eigenvalue weighted by molar-refractivity contribution is 0.679. The Hall–Kier alpha value is -1.80. The van der Waals surface area contributed by atoms with Crippen molar-refractivity contribution in [3.8, 4) is 0 Å². The summed E-state index contributed by atoms with van der Waals surface area (Å²) in [7, 11) is 0. The Morgan fingerprint density at radius 3 is 2.65 bits per heavy atom. The molecule has 1 heterocycles. The average molecular weight is 279 g/mol. The van der Waals surface area contributed by atoms with Crippen molar-refractivity contribution in [2.24, 2.45) is 5.92 Å². The van der Waals surface area contributed by atoms with Crippen LogP contribution >= 0.6 is 11.3 Å². The van der Waals surface area contributed by atoms with Gasteiger partial charge in [0.15, 0.2) is 0 Å². The summed E-state index contributed by atoms with van der Waals surface area (Å²) in [6, 6.07) is 20.2. The van der Waals surface area contributed by atoms with Crippen molar-refractivity contribution < 1.29 is 0 Å². The van der Waals surface area contributed by atoms with Crippen LogP contribution in [0.3, 0.4) is 0 Å². The van der Waals surface area contributed by atoms with Crippen molar-refractivity contribution in [3.05, 3.63) is 65.5 Å². The summed E-state index contributed by atoms with van der Waals surface area (Å²) < 4.78 is 1.36. The first kappa shape index (κ1) is 12.0. The first-order chi connectivity index (χ1) is 9.90. The highest BCUT2D eigenvalue weighted by Crippen LogP contribution is 2.43. The normalized spacial score (nSPS) is 16.2. The van der Waals surface area contributed by atoms with Gasteiger partial charge in [-0.3, -0.25) is 0 Å². The van der Waals surface area contributed by atoms with Crippen molar-refractivity contribution >= 4 is 27.1 Å². The van der Waals surface area contributed by atoms with E-state index in [4.69, 9.17) is 0 Å². The second-order valence-corrected chi connectivity index (χ2v) is 6.49. The topological polar surface area (TPSA) is 12.0 Å². The molecule has 2 aromatic carbocycles. The van der Waals surface area contributed by atoms with E-state index in [0.29, 0.717) is 6.04 Å². The third-order valence-electron chi connectivity index (χ3n) is 4.03. The lowest BCUT2D eigenvalue weighted by atomic mass is 10.0. The van der Waals surface area contributed by atoms with E-state index in [1.807, 2.05) is 0 Å². The fraction of sp³-hybridized carbons (Fsp3) is 0.222. The molecule has 100 valence electrons. The van der Waals surface area contributed by atoms with Crippen LogP contribution in [0.15, 0.2) is 60.0 Å². The van der Waals surface area contributed by atoms with E-state index < -0.39 is 0 Å². The molecule has 1 fully saturated rings. The molecule has 1 saturated carbocycles. The van der Waals surface area contributed by atoms with Gasteiger partial charge in [0, 0.05) is 10.4 Å². The number of rotatable bonds is 4. The van der Waals surface area contributed by atoms with Crippen LogP contribution in [0.4, 0.5) is 5.69 Å². The molecular weight excluding hydrogens is 262 g/mol. The predicted octanol–water partition coefficient (Wildman–Crippen LogP) is 5.46. The van der Waals surface area contributed by atoms with Crippen LogP contribution < -0.4 is 5.32 Å². The molecule has 0 saturated heterocycles. The highest BCUT2D eigenvalue weighted by molar-refractivity contribution is 7.17. The van der Waals surface area contributed by atoms with E-state index >= 15 is 0 Å². The molecule has 4 rings (SSSR count). The SMILES string of the molecule is c1ccc(C(Nc2ccc3sccc3c2)C2CC2)cc1. The predicted molar refractivity (Wildman–Crippen MR) is 87.4 cm³/mol. The Bertz CT molecular complexity index is 712. The fourth-order valence-corrected chi connectivity index (χ4v) is 3.57. The summed E-state index contributed by atoms with van der Waals surface area (Å²) in [5, 5.41) is 7.24. The third kappa shape index (κ3) is 2.32. The first-order valence-electron chi connectivity index (χ1n) is 7.19. The quantitative estimate of drug-likeness (QED) is 0.668. The molecule has 1 unspecified atom stereocenters. The van der Waals surface area contributed by atoms with Crippen molar-refractivity contribution in [2.45, 2.75) is 18.9 Å². The molecule has 1 aliphatic rings. The summed E-state index contributed by atoms with van der Waals surface area (Å²) in [6.45, 7) is 0. The molecular formula is C18H17NS. The highest BCUT2D eigenvalue weighted by atomic mass is 32.1. The van der Waals surface area contributed by atoms with E-state index in [0.717, 1.165) is 5.92 Å². The minimum absolute atomic E-state index is 0.451. The van der Waals surface area contributed by atoms with E-state index in [9.17, 15) is 0 Å². The maximum atomic E-state index is 3.74. The fourth-order valence-electron chi connectivity index (χ4n) is 2.80. The Kier molecular flexibility index (Phi) is 2.96. The zero-order valence-corrected chi connectivity index (χ0v) is 12.1. The molecule has 0 aliphatic heterocycles. The number of hydrogen-bond acceptors (Lipinski definition) is 2. The molecule has 1 aliphatic carbocycles. The van der Waals surface area contributed by atoms with Gasteiger partial charge in [0.25, 0.3) is 0 Å². The van der Waals surface area contributed by atoms with Gasteiger partial charge in [0.2, 0.25) is 0 Å². The van der Waals surface area contributed by atoms with E-state index in [1.165, 1.54) is 34.2 Å². The standard InChI is InChI=1S/C18H17NS/c1-2-4-13(5-3-1)18(14-6-7-14)19-16-8-9-17-15(12-16)10-11-20-17/h1-5,8-12,14,18-19H,6-7H2. The third-order valence-corrected chi connectivity index (χ3v) is 4.92. The van der Waals surface area contributed by atoms with Gasteiger partial charge in [-0.25, -0.2) is 0 Å². The number of hydrogen-bond donors (Lipinski definition) is 1. The van der Waals surface area contributed by atoms with Gasteiger partial charge in [0.05, 0.1) is 6.04 Å². The van der Waals surface area contributed by atoms with Gasteiger partial charge in [-0.1, -0.05) is 30.3 Å². The molecule has 1 atom stereocenters. The Morgan fingerprint density at radius 1 is 1.00 bits per heavy atom. The molecule has 0 amide bonds. The van der Waals surface area contributed by atoms with Gasteiger partial charge < -0.3 is 5.32 Å². The van der Waals surface area contributed by atoms with E-state index in [1.54, 1.807) is 11.3 Å². The largest absolute Gasteiger partial charge is 0.378 e. The molecule has 0 bridgehead atoms. The summed E-state index contributed by atoms with van der Waals surface area (Å²) in [6.07, 6.45) is 2.68. The van der Waals surface area contributed by atoms with E-state index in [-0.39, 0.29) is 0 Å². The number of fused-ring (bicyclic) bond motifs is 1. The Balaban J connectivity index is 1.64. The maximum Gasteiger partial charge on any atom is 0.0542 e. The van der Waals surface area contributed by atoms with Gasteiger partial charge >= 0.3 is 0 Å². The van der Waals surface area contributed by atoms with E-state index in [2.05, 4.69) is 65.3 Å². The summed E-state index contributed by atoms with van der Waals surface area (Å²) >= 11 is 1.80. The molecule has 0 spiro atoms. The van der Waals surface area contributed by atoms with Gasteiger partial charge in [-0.2, -0.15) is 0 Å². The minimum Gasteiger partial charge on any atom is -0.378 e. The molecule has 1 aromatic heterocycles. The Morgan fingerprint density at radius 2 is 1.85 bits per heavy atom. The number of nitrogens with one attached hydrogen (secondary N) is 1. The lowest BCUT2D eigenvalue weighted by Crippen LogP contribution is -2.12. The van der Waals surface area contributed by atoms with Crippen LogP contribution in [-0.4, -0.2) is 0 Å². The number of anilines is 1. The van der Waals surface area contributed by atoms with Crippen molar-refractivity contribution in [1.82, 2.24) is 0 Å². The second kappa shape index (κ2) is 4.95.